The standard InChI is InChI=1S/C10H12BrN3S/c1-7(12)10(9-3-2-4-15-9)14-6-8(11)5-13-14/h2-7,10H,12H2,1H3. The van der Waals surface area contributed by atoms with Crippen LogP contribution >= 0.6 is 27.3 Å². The van der Waals surface area contributed by atoms with E-state index >= 15 is 0 Å². The zero-order valence-electron chi connectivity index (χ0n) is 8.30. The number of nitrogens with two attached hydrogens (primary N) is 1. The number of hydrogen-bond donors (Lipinski definition) is 1. The topological polar surface area (TPSA) is 43.8 Å². The molecule has 3 nitrogen and oxygen atoms in total. The van der Waals surface area contributed by atoms with Crippen LogP contribution in [0.5, 0.6) is 0 Å². The number of rotatable bonds is 3. The minimum Gasteiger partial charge on any atom is -0.326 e. The Morgan fingerprint density at radius 2 is 2.40 bits per heavy atom. The smallest absolute Gasteiger partial charge is 0.101 e. The Balaban J connectivity index is 2.36. The summed E-state index contributed by atoms with van der Waals surface area (Å²) < 4.78 is 2.88. The maximum atomic E-state index is 6.00. The molecule has 5 heteroatoms. The fraction of sp³-hybridized carbons (Fsp3) is 0.300. The minimum absolute atomic E-state index is 0.0375. The molecule has 0 aliphatic heterocycles. The number of aromatic nitrogens is 2. The van der Waals surface area contributed by atoms with E-state index in [1.54, 1.807) is 17.5 Å². The van der Waals surface area contributed by atoms with Crippen molar-refractivity contribution in [3.05, 3.63) is 39.3 Å². The Hall–Kier alpha value is -0.650. The lowest BCUT2D eigenvalue weighted by molar-refractivity contribution is 0.460. The van der Waals surface area contributed by atoms with E-state index in [-0.39, 0.29) is 12.1 Å². The summed E-state index contributed by atoms with van der Waals surface area (Å²) in [7, 11) is 0. The highest BCUT2D eigenvalue weighted by Crippen LogP contribution is 2.25. The zero-order chi connectivity index (χ0) is 10.8. The highest BCUT2D eigenvalue weighted by molar-refractivity contribution is 9.10. The predicted molar refractivity (Wildman–Crippen MR) is 66.0 cm³/mol. The molecule has 2 heterocycles. The number of halogens is 1. The summed E-state index contributed by atoms with van der Waals surface area (Å²) in [6, 6.07) is 4.29. The van der Waals surface area contributed by atoms with Gasteiger partial charge in [0, 0.05) is 17.1 Å². The summed E-state index contributed by atoms with van der Waals surface area (Å²) in [5.74, 6) is 0. The van der Waals surface area contributed by atoms with Crippen molar-refractivity contribution in [1.82, 2.24) is 9.78 Å². The molecule has 2 aromatic heterocycles. The molecule has 2 rings (SSSR count). The largest absolute Gasteiger partial charge is 0.326 e. The van der Waals surface area contributed by atoms with Crippen LogP contribution in [0.3, 0.4) is 0 Å². The molecule has 2 unspecified atom stereocenters. The van der Waals surface area contributed by atoms with E-state index in [2.05, 4.69) is 32.5 Å². The molecule has 0 spiro atoms. The lowest BCUT2D eigenvalue weighted by Gasteiger charge is -2.19. The van der Waals surface area contributed by atoms with Gasteiger partial charge in [-0.1, -0.05) is 6.07 Å². The van der Waals surface area contributed by atoms with E-state index in [1.807, 2.05) is 23.9 Å². The normalized spacial score (nSPS) is 15.1. The maximum absolute atomic E-state index is 6.00. The lowest BCUT2D eigenvalue weighted by atomic mass is 10.1. The molecule has 0 aliphatic rings. The van der Waals surface area contributed by atoms with Gasteiger partial charge in [0.15, 0.2) is 0 Å². The Morgan fingerprint density at radius 1 is 1.60 bits per heavy atom. The molecule has 15 heavy (non-hydrogen) atoms. The van der Waals surface area contributed by atoms with Crippen LogP contribution < -0.4 is 5.73 Å². The van der Waals surface area contributed by atoms with Crippen molar-refractivity contribution in [1.29, 1.82) is 0 Å². The third-order valence-corrected chi connectivity index (χ3v) is 3.54. The monoisotopic (exact) mass is 285 g/mol. The first-order valence-corrected chi connectivity index (χ1v) is 6.34. The molecule has 0 bridgehead atoms. The summed E-state index contributed by atoms with van der Waals surface area (Å²) in [6.07, 6.45) is 3.73. The Labute approximate surface area is 101 Å². The van der Waals surface area contributed by atoms with Crippen molar-refractivity contribution in [2.75, 3.05) is 0 Å². The molecule has 0 saturated heterocycles. The first-order valence-electron chi connectivity index (χ1n) is 4.67. The maximum Gasteiger partial charge on any atom is 0.101 e. The van der Waals surface area contributed by atoms with Crippen molar-refractivity contribution < 1.29 is 0 Å². The van der Waals surface area contributed by atoms with Gasteiger partial charge in [0.1, 0.15) is 6.04 Å². The Morgan fingerprint density at radius 3 is 2.87 bits per heavy atom. The van der Waals surface area contributed by atoms with Crippen molar-refractivity contribution in [2.24, 2.45) is 5.73 Å². The Bertz CT molecular complexity index is 422. The summed E-state index contributed by atoms with van der Waals surface area (Å²) in [4.78, 5) is 1.24. The van der Waals surface area contributed by atoms with Gasteiger partial charge in [-0.25, -0.2) is 0 Å². The first-order chi connectivity index (χ1) is 7.18. The van der Waals surface area contributed by atoms with Crippen LogP contribution in [0.2, 0.25) is 0 Å². The van der Waals surface area contributed by atoms with Gasteiger partial charge in [-0.2, -0.15) is 5.10 Å². The molecule has 0 amide bonds. The number of thiophene rings is 1. The quantitative estimate of drug-likeness (QED) is 0.942. The van der Waals surface area contributed by atoms with Gasteiger partial charge in [0.05, 0.1) is 10.7 Å². The first kappa shape index (κ1) is 10.9. The van der Waals surface area contributed by atoms with Crippen LogP contribution in [0, 0.1) is 0 Å². The molecule has 80 valence electrons. The van der Waals surface area contributed by atoms with E-state index < -0.39 is 0 Å². The van der Waals surface area contributed by atoms with Gasteiger partial charge in [0.2, 0.25) is 0 Å². The van der Waals surface area contributed by atoms with E-state index in [1.165, 1.54) is 4.88 Å². The third-order valence-electron chi connectivity index (χ3n) is 2.19. The van der Waals surface area contributed by atoms with Crippen molar-refractivity contribution in [3.8, 4) is 0 Å². The minimum atomic E-state index is 0.0375. The molecule has 2 atom stereocenters. The van der Waals surface area contributed by atoms with Crippen LogP contribution in [0.25, 0.3) is 0 Å². The van der Waals surface area contributed by atoms with E-state index in [0.29, 0.717) is 0 Å². The molecule has 0 aromatic carbocycles. The summed E-state index contributed by atoms with van der Waals surface area (Å²) in [6.45, 7) is 2.00. The fourth-order valence-corrected chi connectivity index (χ4v) is 2.79. The molecule has 0 radical (unpaired) electrons. The van der Waals surface area contributed by atoms with E-state index in [9.17, 15) is 0 Å². The third kappa shape index (κ3) is 2.30. The second-order valence-electron chi connectivity index (χ2n) is 3.46. The highest BCUT2D eigenvalue weighted by Gasteiger charge is 2.19. The van der Waals surface area contributed by atoms with Crippen LogP contribution in [0.4, 0.5) is 0 Å². The number of hydrogen-bond acceptors (Lipinski definition) is 3. The van der Waals surface area contributed by atoms with Gasteiger partial charge in [-0.3, -0.25) is 4.68 Å². The van der Waals surface area contributed by atoms with E-state index in [4.69, 9.17) is 5.73 Å². The fourth-order valence-electron chi connectivity index (χ4n) is 1.56. The molecule has 0 fully saturated rings. The van der Waals surface area contributed by atoms with E-state index in [0.717, 1.165) is 4.47 Å². The van der Waals surface area contributed by atoms with Crippen molar-refractivity contribution in [3.63, 3.8) is 0 Å². The van der Waals surface area contributed by atoms with Gasteiger partial charge < -0.3 is 5.73 Å². The second kappa shape index (κ2) is 4.47. The van der Waals surface area contributed by atoms with Crippen LogP contribution in [-0.4, -0.2) is 15.8 Å². The Kier molecular flexibility index (Phi) is 3.23. The van der Waals surface area contributed by atoms with Gasteiger partial charge in [-0.15, -0.1) is 11.3 Å². The SMILES string of the molecule is CC(N)C(c1cccs1)n1cc(Br)cn1. The average Bonchev–Trinajstić information content (AvgIpc) is 2.77. The number of nitrogens with zero attached hydrogens (tertiary/aromatic N) is 2. The molecule has 2 N–H and O–H groups in total. The predicted octanol–water partition coefficient (Wildman–Crippen LogP) is 2.64. The van der Waals surface area contributed by atoms with Crippen LogP contribution in [0.15, 0.2) is 34.4 Å². The lowest BCUT2D eigenvalue weighted by Crippen LogP contribution is -2.29. The van der Waals surface area contributed by atoms with Crippen molar-refractivity contribution in [2.45, 2.75) is 19.0 Å². The average molecular weight is 286 g/mol. The van der Waals surface area contributed by atoms with Gasteiger partial charge in [0.25, 0.3) is 0 Å². The summed E-state index contributed by atoms with van der Waals surface area (Å²) in [5, 5.41) is 6.35. The molecule has 2 aromatic rings. The molecular formula is C10H12BrN3S. The van der Waals surface area contributed by atoms with Crippen molar-refractivity contribution >= 4 is 27.3 Å². The molecule has 0 aliphatic carbocycles. The molecule has 0 saturated carbocycles. The second-order valence-corrected chi connectivity index (χ2v) is 5.35. The van der Waals surface area contributed by atoms with Crippen LogP contribution in [0.1, 0.15) is 17.8 Å². The van der Waals surface area contributed by atoms with Gasteiger partial charge >= 0.3 is 0 Å². The molecular weight excluding hydrogens is 274 g/mol. The van der Waals surface area contributed by atoms with Crippen LogP contribution in [-0.2, 0) is 0 Å². The van der Waals surface area contributed by atoms with Gasteiger partial charge in [-0.05, 0) is 34.3 Å². The summed E-state index contributed by atoms with van der Waals surface area (Å²) in [5.41, 5.74) is 6.00. The summed E-state index contributed by atoms with van der Waals surface area (Å²) >= 11 is 5.10. The highest BCUT2D eigenvalue weighted by atomic mass is 79.9. The zero-order valence-corrected chi connectivity index (χ0v) is 10.7.